The summed E-state index contributed by atoms with van der Waals surface area (Å²) in [5, 5.41) is 3.43. The van der Waals surface area contributed by atoms with Gasteiger partial charge in [0, 0.05) is 36.7 Å². The lowest BCUT2D eigenvalue weighted by atomic mass is 9.86. The van der Waals surface area contributed by atoms with Crippen molar-refractivity contribution in [2.24, 2.45) is 0 Å². The molecule has 0 aromatic heterocycles. The highest BCUT2D eigenvalue weighted by atomic mass is 79.9. The molecule has 2 aliphatic rings. The average Bonchev–Trinajstić information content (AvgIpc) is 2.48. The fourth-order valence-electron chi connectivity index (χ4n) is 3.34. The Bertz CT molecular complexity index is 458. The molecule has 0 bridgehead atoms. The van der Waals surface area contributed by atoms with Crippen LogP contribution in [0.5, 0.6) is 5.75 Å². The summed E-state index contributed by atoms with van der Waals surface area (Å²) in [6.45, 7) is 4.60. The smallest absolute Gasteiger partial charge is 0.122 e. The second-order valence-electron chi connectivity index (χ2n) is 5.39. The standard InChI is InChI=1S/C15H21BrN2O/c1-19-15-5-4-14(16)12-3-2-11(10-13(12)15)18-8-6-17-7-9-18/h4-5,11,17H,2-3,6-10H2,1H3. The Kier molecular flexibility index (Phi) is 4.10. The highest BCUT2D eigenvalue weighted by molar-refractivity contribution is 9.10. The molecule has 3 rings (SSSR count). The van der Waals surface area contributed by atoms with Crippen LogP contribution in [-0.4, -0.2) is 44.2 Å². The molecule has 3 nitrogen and oxygen atoms in total. The van der Waals surface area contributed by atoms with Gasteiger partial charge in [-0.25, -0.2) is 0 Å². The maximum atomic E-state index is 5.55. The molecule has 0 spiro atoms. The van der Waals surface area contributed by atoms with E-state index in [2.05, 4.69) is 38.3 Å². The van der Waals surface area contributed by atoms with Crippen LogP contribution in [0.25, 0.3) is 0 Å². The molecule has 1 aromatic rings. The first-order chi connectivity index (χ1) is 9.29. The molecule has 0 amide bonds. The van der Waals surface area contributed by atoms with Crippen molar-refractivity contribution in [1.82, 2.24) is 10.2 Å². The van der Waals surface area contributed by atoms with Crippen molar-refractivity contribution >= 4 is 15.9 Å². The maximum absolute atomic E-state index is 5.55. The lowest BCUT2D eigenvalue weighted by Gasteiger charge is -2.38. The molecule has 104 valence electrons. The molecule has 1 unspecified atom stereocenters. The second kappa shape index (κ2) is 5.81. The number of ether oxygens (including phenoxy) is 1. The fourth-order valence-corrected chi connectivity index (χ4v) is 3.91. The van der Waals surface area contributed by atoms with Gasteiger partial charge in [-0.1, -0.05) is 15.9 Å². The highest BCUT2D eigenvalue weighted by Crippen LogP contribution is 2.36. The van der Waals surface area contributed by atoms with Crippen LogP contribution < -0.4 is 10.1 Å². The zero-order valence-electron chi connectivity index (χ0n) is 11.4. The maximum Gasteiger partial charge on any atom is 0.122 e. The second-order valence-corrected chi connectivity index (χ2v) is 6.24. The molecule has 1 aliphatic heterocycles. The number of nitrogens with one attached hydrogen (secondary N) is 1. The Labute approximate surface area is 123 Å². The number of rotatable bonds is 2. The van der Waals surface area contributed by atoms with Crippen LogP contribution in [0, 0.1) is 0 Å². The lowest BCUT2D eigenvalue weighted by Crippen LogP contribution is -2.50. The van der Waals surface area contributed by atoms with Gasteiger partial charge >= 0.3 is 0 Å². The van der Waals surface area contributed by atoms with E-state index in [1.54, 1.807) is 7.11 Å². The Morgan fingerprint density at radius 2 is 2.05 bits per heavy atom. The van der Waals surface area contributed by atoms with E-state index in [0.29, 0.717) is 6.04 Å². The number of hydrogen-bond donors (Lipinski definition) is 1. The number of nitrogens with zero attached hydrogens (tertiary/aromatic N) is 1. The van der Waals surface area contributed by atoms with Crippen LogP contribution in [0.3, 0.4) is 0 Å². The Morgan fingerprint density at radius 1 is 1.26 bits per heavy atom. The van der Waals surface area contributed by atoms with E-state index in [9.17, 15) is 0 Å². The highest BCUT2D eigenvalue weighted by Gasteiger charge is 2.28. The Balaban J connectivity index is 1.84. The molecule has 1 atom stereocenters. The van der Waals surface area contributed by atoms with Gasteiger partial charge < -0.3 is 10.1 Å². The summed E-state index contributed by atoms with van der Waals surface area (Å²) in [6.07, 6.45) is 3.54. The summed E-state index contributed by atoms with van der Waals surface area (Å²) in [6, 6.07) is 4.88. The van der Waals surface area contributed by atoms with Crippen molar-refractivity contribution < 1.29 is 4.74 Å². The van der Waals surface area contributed by atoms with Gasteiger partial charge in [0.25, 0.3) is 0 Å². The van der Waals surface area contributed by atoms with E-state index < -0.39 is 0 Å². The number of benzene rings is 1. The van der Waals surface area contributed by atoms with Crippen LogP contribution >= 0.6 is 15.9 Å². The first kappa shape index (κ1) is 13.4. The Hall–Kier alpha value is -0.580. The summed E-state index contributed by atoms with van der Waals surface area (Å²) in [5.74, 6) is 1.05. The summed E-state index contributed by atoms with van der Waals surface area (Å²) in [5.41, 5.74) is 2.86. The van der Waals surface area contributed by atoms with Gasteiger partial charge in [0.2, 0.25) is 0 Å². The van der Waals surface area contributed by atoms with Crippen LogP contribution in [0.15, 0.2) is 16.6 Å². The number of halogens is 1. The van der Waals surface area contributed by atoms with Crippen molar-refractivity contribution in [3.05, 3.63) is 27.7 Å². The summed E-state index contributed by atoms with van der Waals surface area (Å²) in [4.78, 5) is 2.64. The molecule has 1 saturated heterocycles. The van der Waals surface area contributed by atoms with E-state index in [1.807, 2.05) is 0 Å². The van der Waals surface area contributed by atoms with Gasteiger partial charge in [0.15, 0.2) is 0 Å². The molecule has 1 heterocycles. The molecular formula is C15H21BrN2O. The first-order valence-corrected chi connectivity index (χ1v) is 7.88. The van der Waals surface area contributed by atoms with Gasteiger partial charge in [-0.15, -0.1) is 0 Å². The molecule has 19 heavy (non-hydrogen) atoms. The quantitative estimate of drug-likeness (QED) is 0.902. The van der Waals surface area contributed by atoms with Crippen molar-refractivity contribution in [3.63, 3.8) is 0 Å². The molecular weight excluding hydrogens is 304 g/mol. The van der Waals surface area contributed by atoms with Gasteiger partial charge in [0.1, 0.15) is 5.75 Å². The van der Waals surface area contributed by atoms with E-state index >= 15 is 0 Å². The van der Waals surface area contributed by atoms with Gasteiger partial charge in [0.05, 0.1) is 7.11 Å². The van der Waals surface area contributed by atoms with Crippen molar-refractivity contribution in [1.29, 1.82) is 0 Å². The normalized spacial score (nSPS) is 24.0. The van der Waals surface area contributed by atoms with Gasteiger partial charge in [-0.3, -0.25) is 4.90 Å². The van der Waals surface area contributed by atoms with E-state index in [1.165, 1.54) is 35.1 Å². The van der Waals surface area contributed by atoms with Crippen molar-refractivity contribution in [3.8, 4) is 5.75 Å². The summed E-state index contributed by atoms with van der Waals surface area (Å²) < 4.78 is 6.79. The minimum absolute atomic E-state index is 0.679. The summed E-state index contributed by atoms with van der Waals surface area (Å²) >= 11 is 3.68. The van der Waals surface area contributed by atoms with Crippen LogP contribution in [0.1, 0.15) is 17.5 Å². The third kappa shape index (κ3) is 2.67. The van der Waals surface area contributed by atoms with E-state index in [0.717, 1.165) is 31.7 Å². The zero-order chi connectivity index (χ0) is 13.2. The topological polar surface area (TPSA) is 24.5 Å². The average molecular weight is 325 g/mol. The predicted molar refractivity (Wildman–Crippen MR) is 80.9 cm³/mol. The van der Waals surface area contributed by atoms with Crippen LogP contribution in [0.4, 0.5) is 0 Å². The van der Waals surface area contributed by atoms with Crippen LogP contribution in [-0.2, 0) is 12.8 Å². The number of hydrogen-bond acceptors (Lipinski definition) is 3. The van der Waals surface area contributed by atoms with Gasteiger partial charge in [-0.2, -0.15) is 0 Å². The van der Waals surface area contributed by atoms with Crippen molar-refractivity contribution in [2.75, 3.05) is 33.3 Å². The molecule has 0 saturated carbocycles. The predicted octanol–water partition coefficient (Wildman–Crippen LogP) is 2.22. The third-order valence-corrected chi connectivity index (χ3v) is 5.13. The zero-order valence-corrected chi connectivity index (χ0v) is 13.0. The molecule has 1 fully saturated rings. The monoisotopic (exact) mass is 324 g/mol. The molecule has 1 N–H and O–H groups in total. The summed E-state index contributed by atoms with van der Waals surface area (Å²) in [7, 11) is 1.78. The molecule has 4 heteroatoms. The minimum atomic E-state index is 0.679. The fraction of sp³-hybridized carbons (Fsp3) is 0.600. The Morgan fingerprint density at radius 3 is 2.79 bits per heavy atom. The molecule has 1 aliphatic carbocycles. The first-order valence-electron chi connectivity index (χ1n) is 7.08. The number of piperazine rings is 1. The van der Waals surface area contributed by atoms with E-state index in [-0.39, 0.29) is 0 Å². The van der Waals surface area contributed by atoms with E-state index in [4.69, 9.17) is 4.74 Å². The largest absolute Gasteiger partial charge is 0.496 e. The minimum Gasteiger partial charge on any atom is -0.496 e. The molecule has 1 aromatic carbocycles. The van der Waals surface area contributed by atoms with Gasteiger partial charge in [-0.05, 0) is 42.5 Å². The third-order valence-electron chi connectivity index (χ3n) is 4.39. The van der Waals surface area contributed by atoms with Crippen LogP contribution in [0.2, 0.25) is 0 Å². The number of methoxy groups -OCH3 is 1. The molecule has 0 radical (unpaired) electrons. The lowest BCUT2D eigenvalue weighted by molar-refractivity contribution is 0.158. The SMILES string of the molecule is COc1ccc(Br)c2c1CC(N1CCNCC1)CC2. The number of fused-ring (bicyclic) bond motifs is 1. The van der Waals surface area contributed by atoms with Crippen molar-refractivity contribution in [2.45, 2.75) is 25.3 Å².